The summed E-state index contributed by atoms with van der Waals surface area (Å²) in [6.07, 6.45) is 10.5. The summed E-state index contributed by atoms with van der Waals surface area (Å²) in [7, 11) is -2.28. The molecule has 2 fully saturated rings. The first-order valence-electron chi connectivity index (χ1n) is 11.7. The molecule has 8 nitrogen and oxygen atoms in total. The van der Waals surface area contributed by atoms with Crippen molar-refractivity contribution >= 4 is 27.7 Å². The lowest BCUT2D eigenvalue weighted by molar-refractivity contribution is -0.143. The fourth-order valence-electron chi connectivity index (χ4n) is 4.07. The summed E-state index contributed by atoms with van der Waals surface area (Å²) < 4.78 is 26.8. The highest BCUT2D eigenvalue weighted by molar-refractivity contribution is 7.91. The molecule has 3 atom stereocenters. The molecule has 0 radical (unpaired) electrons. The highest BCUT2D eigenvalue weighted by Gasteiger charge is 2.57. The molecule has 0 spiro atoms. The first kappa shape index (κ1) is 26.4. The highest BCUT2D eigenvalue weighted by Crippen LogP contribution is 2.44. The maximum Gasteiger partial charge on any atom is 0.259 e. The Morgan fingerprint density at radius 1 is 1.16 bits per heavy atom. The third-order valence-corrected chi connectivity index (χ3v) is 9.22. The average Bonchev–Trinajstić information content (AvgIpc) is 3.47. The second kappa shape index (κ2) is 10.4. The Kier molecular flexibility index (Phi) is 8.53. The Morgan fingerprint density at radius 3 is 2.28 bits per heavy atom. The van der Waals surface area contributed by atoms with E-state index in [-0.39, 0.29) is 11.8 Å². The lowest BCUT2D eigenvalue weighted by Crippen LogP contribution is -2.70. The normalized spacial score (nSPS) is 25.0. The van der Waals surface area contributed by atoms with Crippen molar-refractivity contribution in [1.82, 2.24) is 14.9 Å². The van der Waals surface area contributed by atoms with Crippen LogP contribution in [0.15, 0.2) is 12.2 Å². The van der Waals surface area contributed by atoms with Gasteiger partial charge in [-0.05, 0) is 51.9 Å². The lowest BCUT2D eigenvalue weighted by atomic mass is 9.65. The molecule has 0 bridgehead atoms. The van der Waals surface area contributed by atoms with Crippen LogP contribution < -0.4 is 10.0 Å². The van der Waals surface area contributed by atoms with Gasteiger partial charge in [0.05, 0.1) is 4.75 Å². The van der Waals surface area contributed by atoms with Crippen LogP contribution in [0, 0.1) is 5.92 Å². The number of sulfonamides is 1. The zero-order valence-electron chi connectivity index (χ0n) is 20.1. The standard InChI is InChI=1S/C23H39N3O5S/c1-6-8-9-10-11-12-18-13-14-23(18,21(29)25-32(30,31)22(4)15-16-22)24-20(28)19(7-2)26(5)17(3)27/h11-12,18-19H,6-10,13-16H2,1-5H3,(H,24,28)(H,25,29). The fourth-order valence-corrected chi connectivity index (χ4v) is 5.38. The van der Waals surface area contributed by atoms with Gasteiger partial charge in [0.15, 0.2) is 0 Å². The molecule has 0 aliphatic heterocycles. The van der Waals surface area contributed by atoms with Crippen LogP contribution in [0.4, 0.5) is 0 Å². The van der Waals surface area contributed by atoms with Gasteiger partial charge in [-0.25, -0.2) is 8.42 Å². The van der Waals surface area contributed by atoms with Crippen molar-refractivity contribution in [3.8, 4) is 0 Å². The molecule has 2 aliphatic carbocycles. The van der Waals surface area contributed by atoms with Crippen molar-refractivity contribution in [2.45, 2.75) is 102 Å². The molecule has 0 saturated heterocycles. The van der Waals surface area contributed by atoms with Crippen molar-refractivity contribution in [2.24, 2.45) is 5.92 Å². The third-order valence-electron chi connectivity index (χ3n) is 7.06. The van der Waals surface area contributed by atoms with Gasteiger partial charge in [-0.2, -0.15) is 0 Å². The number of likely N-dealkylation sites (N-methyl/N-ethyl adjacent to an activating group) is 1. The quantitative estimate of drug-likeness (QED) is 0.337. The van der Waals surface area contributed by atoms with Gasteiger partial charge < -0.3 is 10.2 Å². The summed E-state index contributed by atoms with van der Waals surface area (Å²) in [4.78, 5) is 39.6. The largest absolute Gasteiger partial charge is 0.339 e. The minimum atomic E-state index is -3.83. The minimum Gasteiger partial charge on any atom is -0.339 e. The second-order valence-corrected chi connectivity index (χ2v) is 11.7. The number of nitrogens with one attached hydrogen (secondary N) is 2. The molecule has 182 valence electrons. The SMILES string of the molecule is CCCCCC=CC1CCC1(NC(=O)C(CC)N(C)C(C)=O)C(=O)NS(=O)(=O)C1(C)CC1. The lowest BCUT2D eigenvalue weighted by Gasteiger charge is -2.48. The molecule has 0 aromatic heterocycles. The first-order valence-corrected chi connectivity index (χ1v) is 13.2. The molecule has 0 aromatic rings. The second-order valence-electron chi connectivity index (χ2n) is 9.47. The molecule has 3 amide bonds. The van der Waals surface area contributed by atoms with E-state index in [1.807, 2.05) is 12.2 Å². The van der Waals surface area contributed by atoms with Crippen molar-refractivity contribution in [1.29, 1.82) is 0 Å². The van der Waals surface area contributed by atoms with Crippen LogP contribution in [0.3, 0.4) is 0 Å². The Labute approximate surface area is 192 Å². The van der Waals surface area contributed by atoms with Gasteiger partial charge in [-0.1, -0.05) is 38.8 Å². The summed E-state index contributed by atoms with van der Waals surface area (Å²) in [6.45, 7) is 6.92. The van der Waals surface area contributed by atoms with Crippen LogP contribution in [0.2, 0.25) is 0 Å². The van der Waals surface area contributed by atoms with Crippen LogP contribution in [-0.2, 0) is 24.4 Å². The van der Waals surface area contributed by atoms with Gasteiger partial charge in [0.25, 0.3) is 5.91 Å². The molecule has 2 aliphatic rings. The maximum atomic E-state index is 13.3. The molecule has 3 unspecified atom stereocenters. The summed E-state index contributed by atoms with van der Waals surface area (Å²) >= 11 is 0. The number of carbonyl (C=O) groups excluding carboxylic acids is 3. The molecule has 2 saturated carbocycles. The van der Waals surface area contributed by atoms with Crippen LogP contribution in [0.1, 0.15) is 85.5 Å². The van der Waals surface area contributed by atoms with Crippen molar-refractivity contribution < 1.29 is 22.8 Å². The van der Waals surface area contributed by atoms with Gasteiger partial charge in [0.1, 0.15) is 11.6 Å². The van der Waals surface area contributed by atoms with E-state index in [9.17, 15) is 22.8 Å². The summed E-state index contributed by atoms with van der Waals surface area (Å²) in [6, 6.07) is -0.732. The van der Waals surface area contributed by atoms with E-state index in [1.165, 1.54) is 11.8 Å². The van der Waals surface area contributed by atoms with E-state index in [1.54, 1.807) is 20.9 Å². The molecule has 2 N–H and O–H groups in total. The van der Waals surface area contributed by atoms with Crippen LogP contribution in [0.25, 0.3) is 0 Å². The van der Waals surface area contributed by atoms with E-state index in [0.717, 1.165) is 25.7 Å². The van der Waals surface area contributed by atoms with Crippen LogP contribution >= 0.6 is 0 Å². The topological polar surface area (TPSA) is 113 Å². The van der Waals surface area contributed by atoms with Crippen molar-refractivity contribution in [2.75, 3.05) is 7.05 Å². The highest BCUT2D eigenvalue weighted by atomic mass is 32.2. The zero-order chi connectivity index (χ0) is 24.2. The Hall–Kier alpha value is -1.90. The predicted molar refractivity (Wildman–Crippen MR) is 124 cm³/mol. The molecule has 0 heterocycles. The molecule has 9 heteroatoms. The number of allylic oxidation sites excluding steroid dienone is 1. The number of rotatable bonds is 12. The van der Waals surface area contributed by atoms with Gasteiger partial charge in [0.2, 0.25) is 21.8 Å². The number of hydrogen-bond donors (Lipinski definition) is 2. The number of hydrogen-bond acceptors (Lipinski definition) is 5. The van der Waals surface area contributed by atoms with Crippen molar-refractivity contribution in [3.05, 3.63) is 12.2 Å². The maximum absolute atomic E-state index is 13.3. The fraction of sp³-hybridized carbons (Fsp3) is 0.783. The average molecular weight is 470 g/mol. The van der Waals surface area contributed by atoms with E-state index in [2.05, 4.69) is 17.0 Å². The molecule has 2 rings (SSSR count). The molecule has 32 heavy (non-hydrogen) atoms. The van der Waals surface area contributed by atoms with Crippen LogP contribution in [0.5, 0.6) is 0 Å². The summed E-state index contributed by atoms with van der Waals surface area (Å²) in [5, 5.41) is 2.85. The van der Waals surface area contributed by atoms with E-state index >= 15 is 0 Å². The minimum absolute atomic E-state index is 0.254. The molecular formula is C23H39N3O5S. The van der Waals surface area contributed by atoms with Gasteiger partial charge in [-0.15, -0.1) is 0 Å². The Balaban J connectivity index is 2.25. The summed E-state index contributed by atoms with van der Waals surface area (Å²) in [5.74, 6) is -1.68. The number of nitrogens with zero attached hydrogens (tertiary/aromatic N) is 1. The van der Waals surface area contributed by atoms with E-state index < -0.39 is 38.2 Å². The van der Waals surface area contributed by atoms with E-state index in [0.29, 0.717) is 32.1 Å². The molecular weight excluding hydrogens is 430 g/mol. The molecule has 0 aromatic carbocycles. The number of unbranched alkanes of at least 4 members (excludes halogenated alkanes) is 3. The third kappa shape index (κ3) is 5.53. The van der Waals surface area contributed by atoms with Crippen molar-refractivity contribution in [3.63, 3.8) is 0 Å². The first-order chi connectivity index (χ1) is 14.9. The Morgan fingerprint density at radius 2 is 1.81 bits per heavy atom. The predicted octanol–water partition coefficient (Wildman–Crippen LogP) is 2.64. The zero-order valence-corrected chi connectivity index (χ0v) is 20.9. The van der Waals surface area contributed by atoms with Gasteiger partial charge >= 0.3 is 0 Å². The smallest absolute Gasteiger partial charge is 0.259 e. The summed E-state index contributed by atoms with van der Waals surface area (Å²) in [5.41, 5.74) is -1.33. The monoisotopic (exact) mass is 469 g/mol. The van der Waals surface area contributed by atoms with Gasteiger partial charge in [-0.3, -0.25) is 19.1 Å². The number of amides is 3. The Bertz CT molecular complexity index is 850. The van der Waals surface area contributed by atoms with E-state index in [4.69, 9.17) is 0 Å². The van der Waals surface area contributed by atoms with Crippen LogP contribution in [-0.4, -0.2) is 54.4 Å². The van der Waals surface area contributed by atoms with Gasteiger partial charge in [0, 0.05) is 19.9 Å². The number of carbonyl (C=O) groups is 3.